The van der Waals surface area contributed by atoms with Crippen LogP contribution < -0.4 is 5.32 Å². The molecule has 0 spiro atoms. The standard InChI is InChI=1S/C6H9NO3S2/c1-10-6(11)7-5-2-3-12(8,9)4-5/h2-3,5H,4H2,1H3,(H,7,11). The molecule has 0 amide bonds. The van der Waals surface area contributed by atoms with Gasteiger partial charge in [-0.1, -0.05) is 0 Å². The van der Waals surface area contributed by atoms with Crippen LogP contribution in [0.4, 0.5) is 0 Å². The van der Waals surface area contributed by atoms with Crippen LogP contribution in [0.15, 0.2) is 11.5 Å². The summed E-state index contributed by atoms with van der Waals surface area (Å²) in [6.07, 6.45) is 1.56. The maximum absolute atomic E-state index is 10.9. The fourth-order valence-corrected chi connectivity index (χ4v) is 2.26. The van der Waals surface area contributed by atoms with Gasteiger partial charge >= 0.3 is 0 Å². The molecule has 1 rings (SSSR count). The fourth-order valence-electron chi connectivity index (χ4n) is 0.876. The molecule has 1 unspecified atom stereocenters. The molecule has 1 aliphatic heterocycles. The molecule has 0 aromatic rings. The third-order valence-corrected chi connectivity index (χ3v) is 3.10. The average molecular weight is 207 g/mol. The highest BCUT2D eigenvalue weighted by Gasteiger charge is 2.21. The number of thiocarbonyl (C=S) groups is 1. The van der Waals surface area contributed by atoms with Gasteiger partial charge in [-0.2, -0.15) is 0 Å². The van der Waals surface area contributed by atoms with Crippen molar-refractivity contribution >= 4 is 27.2 Å². The SMILES string of the molecule is COC(=S)NC1C=CS(=O)(=O)C1. The van der Waals surface area contributed by atoms with Gasteiger partial charge in [-0.25, -0.2) is 8.42 Å². The average Bonchev–Trinajstić information content (AvgIpc) is 2.30. The minimum absolute atomic E-state index is 0.0521. The van der Waals surface area contributed by atoms with E-state index in [0.717, 1.165) is 0 Å². The lowest BCUT2D eigenvalue weighted by Gasteiger charge is -2.09. The predicted molar refractivity (Wildman–Crippen MR) is 49.5 cm³/mol. The van der Waals surface area contributed by atoms with E-state index in [9.17, 15) is 8.42 Å². The van der Waals surface area contributed by atoms with Crippen molar-refractivity contribution in [1.29, 1.82) is 0 Å². The van der Waals surface area contributed by atoms with Crippen molar-refractivity contribution in [2.75, 3.05) is 12.9 Å². The van der Waals surface area contributed by atoms with Gasteiger partial charge in [0.25, 0.3) is 5.17 Å². The van der Waals surface area contributed by atoms with Gasteiger partial charge in [-0.15, -0.1) is 0 Å². The van der Waals surface area contributed by atoms with E-state index >= 15 is 0 Å². The third-order valence-electron chi connectivity index (χ3n) is 1.42. The highest BCUT2D eigenvalue weighted by Crippen LogP contribution is 2.07. The summed E-state index contributed by atoms with van der Waals surface area (Å²) in [7, 11) is -1.57. The normalized spacial score (nSPS) is 25.2. The molecule has 4 nitrogen and oxygen atoms in total. The quantitative estimate of drug-likeness (QED) is 0.604. The first kappa shape index (κ1) is 9.47. The number of sulfone groups is 1. The number of hydrogen-bond acceptors (Lipinski definition) is 4. The summed E-state index contributed by atoms with van der Waals surface area (Å²) in [5.41, 5.74) is 0. The molecule has 1 aliphatic rings. The lowest BCUT2D eigenvalue weighted by Crippen LogP contribution is -2.35. The Morgan fingerprint density at radius 3 is 2.83 bits per heavy atom. The molecular weight excluding hydrogens is 198 g/mol. The molecule has 0 aromatic heterocycles. The van der Waals surface area contributed by atoms with E-state index in [1.165, 1.54) is 12.5 Å². The summed E-state index contributed by atoms with van der Waals surface area (Å²) in [6, 6.07) is -0.248. The number of ether oxygens (including phenoxy) is 1. The maximum Gasteiger partial charge on any atom is 0.256 e. The van der Waals surface area contributed by atoms with Crippen molar-refractivity contribution in [3.8, 4) is 0 Å². The summed E-state index contributed by atoms with van der Waals surface area (Å²) in [5.74, 6) is 0.0521. The Hall–Kier alpha value is -0.620. The number of nitrogens with one attached hydrogen (secondary N) is 1. The van der Waals surface area contributed by atoms with E-state index in [2.05, 4.69) is 10.1 Å². The van der Waals surface area contributed by atoms with Crippen LogP contribution in [0.5, 0.6) is 0 Å². The molecule has 12 heavy (non-hydrogen) atoms. The van der Waals surface area contributed by atoms with Gasteiger partial charge in [0.1, 0.15) is 0 Å². The molecule has 0 fully saturated rings. The Kier molecular flexibility index (Phi) is 2.69. The molecular formula is C6H9NO3S2. The van der Waals surface area contributed by atoms with Gasteiger partial charge in [-0.3, -0.25) is 0 Å². The Balaban J connectivity index is 2.51. The molecule has 1 atom stereocenters. The second-order valence-corrected chi connectivity index (χ2v) is 4.70. The van der Waals surface area contributed by atoms with Crippen LogP contribution in [0.2, 0.25) is 0 Å². The molecule has 0 aromatic carbocycles. The van der Waals surface area contributed by atoms with Crippen molar-refractivity contribution in [3.63, 3.8) is 0 Å². The predicted octanol–water partition coefficient (Wildman–Crippen LogP) is -0.182. The third kappa shape index (κ3) is 2.46. The van der Waals surface area contributed by atoms with E-state index < -0.39 is 9.84 Å². The smallest absolute Gasteiger partial charge is 0.256 e. The van der Waals surface area contributed by atoms with Crippen LogP contribution in [-0.2, 0) is 14.6 Å². The zero-order chi connectivity index (χ0) is 9.19. The van der Waals surface area contributed by atoms with Gasteiger partial charge in [0.05, 0.1) is 18.9 Å². The Bertz CT molecular complexity index is 307. The number of hydrogen-bond donors (Lipinski definition) is 1. The molecule has 0 saturated heterocycles. The Morgan fingerprint density at radius 1 is 1.75 bits per heavy atom. The molecule has 68 valence electrons. The van der Waals surface area contributed by atoms with Crippen LogP contribution >= 0.6 is 12.2 Å². The monoisotopic (exact) mass is 207 g/mol. The molecule has 1 heterocycles. The van der Waals surface area contributed by atoms with Gasteiger partial charge in [0.15, 0.2) is 9.84 Å². The van der Waals surface area contributed by atoms with E-state index in [-0.39, 0.29) is 17.0 Å². The first-order chi connectivity index (χ1) is 5.53. The molecule has 1 N–H and O–H groups in total. The van der Waals surface area contributed by atoms with Crippen molar-refractivity contribution in [2.45, 2.75) is 6.04 Å². The molecule has 6 heteroatoms. The lowest BCUT2D eigenvalue weighted by atomic mass is 10.3. The van der Waals surface area contributed by atoms with Gasteiger partial charge < -0.3 is 10.1 Å². The van der Waals surface area contributed by atoms with Crippen LogP contribution in [-0.4, -0.2) is 32.5 Å². The zero-order valence-electron chi connectivity index (χ0n) is 6.48. The summed E-state index contributed by atoms with van der Waals surface area (Å²) >= 11 is 4.70. The fraction of sp³-hybridized carbons (Fsp3) is 0.500. The van der Waals surface area contributed by atoms with Crippen LogP contribution in [0.25, 0.3) is 0 Å². The van der Waals surface area contributed by atoms with Crippen molar-refractivity contribution < 1.29 is 13.2 Å². The highest BCUT2D eigenvalue weighted by molar-refractivity contribution is 7.94. The number of methoxy groups -OCH3 is 1. The van der Waals surface area contributed by atoms with Gasteiger partial charge in [0.2, 0.25) is 0 Å². The summed E-state index contributed by atoms with van der Waals surface area (Å²) in [4.78, 5) is 0. The molecule has 0 aliphatic carbocycles. The van der Waals surface area contributed by atoms with Crippen LogP contribution in [0.3, 0.4) is 0 Å². The summed E-state index contributed by atoms with van der Waals surface area (Å²) in [6.45, 7) is 0. The van der Waals surface area contributed by atoms with Gasteiger partial charge in [-0.05, 0) is 18.3 Å². The topological polar surface area (TPSA) is 55.4 Å². The molecule has 0 radical (unpaired) electrons. The van der Waals surface area contributed by atoms with E-state index in [1.807, 2.05) is 0 Å². The maximum atomic E-state index is 10.9. The van der Waals surface area contributed by atoms with E-state index in [4.69, 9.17) is 12.2 Å². The minimum Gasteiger partial charge on any atom is -0.474 e. The second kappa shape index (κ2) is 3.40. The number of rotatable bonds is 1. The largest absolute Gasteiger partial charge is 0.474 e. The molecule has 0 bridgehead atoms. The first-order valence-electron chi connectivity index (χ1n) is 3.29. The van der Waals surface area contributed by atoms with Crippen LogP contribution in [0.1, 0.15) is 0 Å². The Labute approximate surface area is 76.5 Å². The van der Waals surface area contributed by atoms with Gasteiger partial charge in [0, 0.05) is 5.41 Å². The van der Waals surface area contributed by atoms with Crippen molar-refractivity contribution in [3.05, 3.63) is 11.5 Å². The lowest BCUT2D eigenvalue weighted by molar-refractivity contribution is 0.390. The van der Waals surface area contributed by atoms with Crippen LogP contribution in [0, 0.1) is 0 Å². The van der Waals surface area contributed by atoms with E-state index in [0.29, 0.717) is 0 Å². The first-order valence-corrected chi connectivity index (χ1v) is 5.41. The molecule has 0 saturated carbocycles. The Morgan fingerprint density at radius 2 is 2.42 bits per heavy atom. The van der Waals surface area contributed by atoms with Crippen molar-refractivity contribution in [1.82, 2.24) is 5.32 Å². The summed E-state index contributed by atoms with van der Waals surface area (Å²) in [5, 5.41) is 4.12. The van der Waals surface area contributed by atoms with E-state index in [1.54, 1.807) is 6.08 Å². The summed E-state index contributed by atoms with van der Waals surface area (Å²) < 4.78 is 26.5. The zero-order valence-corrected chi connectivity index (χ0v) is 8.11. The second-order valence-electron chi connectivity index (χ2n) is 2.40. The highest BCUT2D eigenvalue weighted by atomic mass is 32.2. The van der Waals surface area contributed by atoms with Crippen molar-refractivity contribution in [2.24, 2.45) is 0 Å². The minimum atomic E-state index is -3.01.